The molecular formula is C32H31FN6O6S. The predicted octanol–water partition coefficient (Wildman–Crippen LogP) is 5.37. The quantitative estimate of drug-likeness (QED) is 0.225. The lowest BCUT2D eigenvalue weighted by molar-refractivity contribution is 0.0469. The molecule has 1 fully saturated rings. The second-order valence-electron chi connectivity index (χ2n) is 11.0. The van der Waals surface area contributed by atoms with Gasteiger partial charge in [0.15, 0.2) is 11.6 Å². The van der Waals surface area contributed by atoms with Crippen molar-refractivity contribution in [2.24, 2.45) is 0 Å². The van der Waals surface area contributed by atoms with Crippen molar-refractivity contribution in [3.05, 3.63) is 65.9 Å². The summed E-state index contributed by atoms with van der Waals surface area (Å²) in [5.74, 6) is -0.470. The number of thiazole rings is 1. The molecule has 0 spiro atoms. The van der Waals surface area contributed by atoms with Crippen LogP contribution in [0.25, 0.3) is 31.8 Å². The van der Waals surface area contributed by atoms with Gasteiger partial charge in [-0.05, 0) is 56.5 Å². The maximum Gasteiger partial charge on any atom is 0.412 e. The van der Waals surface area contributed by atoms with E-state index in [1.165, 1.54) is 36.8 Å². The summed E-state index contributed by atoms with van der Waals surface area (Å²) in [5, 5.41) is 13.0. The summed E-state index contributed by atoms with van der Waals surface area (Å²) in [6.45, 7) is 4.30. The van der Waals surface area contributed by atoms with Gasteiger partial charge in [-0.15, -0.1) is 11.3 Å². The number of nitrogens with zero attached hydrogens (tertiary/aromatic N) is 5. The fourth-order valence-corrected chi connectivity index (χ4v) is 6.12. The van der Waals surface area contributed by atoms with Crippen molar-refractivity contribution < 1.29 is 33.3 Å². The number of anilines is 1. The van der Waals surface area contributed by atoms with Crippen LogP contribution in [0.5, 0.6) is 11.6 Å². The molecule has 12 nitrogen and oxygen atoms in total. The van der Waals surface area contributed by atoms with Crippen LogP contribution in [-0.4, -0.2) is 81.0 Å². The minimum atomic E-state index is -0.759. The van der Waals surface area contributed by atoms with Gasteiger partial charge in [0, 0.05) is 30.8 Å². The van der Waals surface area contributed by atoms with E-state index < -0.39 is 24.1 Å². The summed E-state index contributed by atoms with van der Waals surface area (Å²) in [6, 6.07) is 9.80. The molecule has 1 aliphatic heterocycles. The fraction of sp³-hybridized carbons (Fsp3) is 0.312. The average Bonchev–Trinajstić information content (AvgIpc) is 3.45. The van der Waals surface area contributed by atoms with Crippen LogP contribution in [-0.2, 0) is 4.74 Å². The van der Waals surface area contributed by atoms with E-state index in [2.05, 4.69) is 25.3 Å². The Morgan fingerprint density at radius 1 is 1.15 bits per heavy atom. The van der Waals surface area contributed by atoms with Crippen LogP contribution in [0.2, 0.25) is 0 Å². The zero-order chi connectivity index (χ0) is 32.4. The third kappa shape index (κ3) is 6.82. The van der Waals surface area contributed by atoms with Gasteiger partial charge < -0.3 is 24.2 Å². The molecular weight excluding hydrogens is 615 g/mol. The topological polar surface area (TPSA) is 149 Å². The molecule has 4 heterocycles. The number of aliphatic hydroxyl groups excluding tert-OH is 1. The highest BCUT2D eigenvalue weighted by molar-refractivity contribution is 7.21. The van der Waals surface area contributed by atoms with Crippen LogP contribution < -0.4 is 14.8 Å². The number of piperidine rings is 1. The molecule has 5 aromatic rings. The summed E-state index contributed by atoms with van der Waals surface area (Å²) in [4.78, 5) is 44.4. The van der Waals surface area contributed by atoms with E-state index in [1.807, 2.05) is 19.1 Å². The number of aromatic nitrogens is 4. The number of aryl methyl sites for hydroxylation is 1. The molecule has 2 aromatic carbocycles. The molecule has 2 amide bonds. The van der Waals surface area contributed by atoms with Crippen LogP contribution >= 0.6 is 11.3 Å². The van der Waals surface area contributed by atoms with Crippen LogP contribution in [0.15, 0.2) is 48.8 Å². The maximum atomic E-state index is 15.0. The first-order valence-electron chi connectivity index (χ1n) is 14.6. The van der Waals surface area contributed by atoms with E-state index in [0.29, 0.717) is 50.8 Å². The molecule has 0 radical (unpaired) electrons. The summed E-state index contributed by atoms with van der Waals surface area (Å²) in [7, 11) is 1.53. The molecule has 6 rings (SSSR count). The molecule has 238 valence electrons. The molecule has 3 aromatic heterocycles. The van der Waals surface area contributed by atoms with Crippen LogP contribution in [0.4, 0.5) is 14.9 Å². The van der Waals surface area contributed by atoms with Crippen molar-refractivity contribution in [2.45, 2.75) is 38.9 Å². The van der Waals surface area contributed by atoms with Crippen molar-refractivity contribution in [3.63, 3.8) is 0 Å². The number of rotatable bonds is 8. The van der Waals surface area contributed by atoms with E-state index >= 15 is 0 Å². The highest BCUT2D eigenvalue weighted by atomic mass is 32.1. The minimum Gasteiger partial charge on any atom is -0.487 e. The number of amides is 2. The summed E-state index contributed by atoms with van der Waals surface area (Å²) >= 11 is 1.37. The predicted molar refractivity (Wildman–Crippen MR) is 170 cm³/mol. The van der Waals surface area contributed by atoms with Crippen molar-refractivity contribution in [1.82, 2.24) is 24.8 Å². The molecule has 2 atom stereocenters. The number of hydrogen-bond donors (Lipinski definition) is 2. The number of ether oxygens (including phenoxy) is 3. The van der Waals surface area contributed by atoms with Gasteiger partial charge in [0.2, 0.25) is 5.88 Å². The Balaban J connectivity index is 1.07. The Hall–Kier alpha value is -4.95. The van der Waals surface area contributed by atoms with Gasteiger partial charge in [-0.3, -0.25) is 10.1 Å². The number of carbonyl (C=O) groups is 2. The SMILES string of the molecule is COc1cnc2c(-c3nc4cc(F)c(OC[C@@H](C)OC(=O)Nc5ccc(C(=O)N6CCC[C@H](O)C6)nc5)cc4s3)cc(C)cc2n1. The molecule has 1 aliphatic rings. The van der Waals surface area contributed by atoms with Gasteiger partial charge in [0.25, 0.3) is 5.91 Å². The van der Waals surface area contributed by atoms with Gasteiger partial charge in [-0.2, -0.15) is 0 Å². The molecule has 46 heavy (non-hydrogen) atoms. The number of nitrogens with one attached hydrogen (secondary N) is 1. The van der Waals surface area contributed by atoms with Crippen molar-refractivity contribution >= 4 is 50.3 Å². The Morgan fingerprint density at radius 3 is 2.76 bits per heavy atom. The lowest BCUT2D eigenvalue weighted by Gasteiger charge is -2.29. The number of pyridine rings is 1. The third-order valence-electron chi connectivity index (χ3n) is 7.35. The van der Waals surface area contributed by atoms with Gasteiger partial charge >= 0.3 is 6.09 Å². The number of aliphatic hydroxyl groups is 1. The zero-order valence-electron chi connectivity index (χ0n) is 25.3. The van der Waals surface area contributed by atoms with Crippen LogP contribution in [0.1, 0.15) is 35.8 Å². The van der Waals surface area contributed by atoms with Crippen LogP contribution in [0.3, 0.4) is 0 Å². The number of methoxy groups -OCH3 is 1. The van der Waals surface area contributed by atoms with Crippen molar-refractivity contribution in [3.8, 4) is 22.2 Å². The highest BCUT2D eigenvalue weighted by Crippen LogP contribution is 2.37. The first-order valence-corrected chi connectivity index (χ1v) is 15.4. The van der Waals surface area contributed by atoms with Gasteiger partial charge in [-0.25, -0.2) is 29.1 Å². The number of carbonyl (C=O) groups excluding carboxylic acids is 2. The zero-order valence-corrected chi connectivity index (χ0v) is 26.1. The molecule has 0 saturated carbocycles. The van der Waals surface area contributed by atoms with E-state index in [-0.39, 0.29) is 30.5 Å². The van der Waals surface area contributed by atoms with E-state index in [0.717, 1.165) is 17.5 Å². The monoisotopic (exact) mass is 646 g/mol. The number of β-amino-alcohol motifs (C(OH)–C–C–N with tert-alkyl or cyclic N) is 1. The highest BCUT2D eigenvalue weighted by Gasteiger charge is 2.24. The molecule has 0 bridgehead atoms. The average molecular weight is 647 g/mol. The van der Waals surface area contributed by atoms with Gasteiger partial charge in [-0.1, -0.05) is 0 Å². The van der Waals surface area contributed by atoms with Crippen molar-refractivity contribution in [1.29, 1.82) is 0 Å². The Labute approximate surface area is 267 Å². The lowest BCUT2D eigenvalue weighted by Crippen LogP contribution is -2.42. The Morgan fingerprint density at radius 2 is 2.00 bits per heavy atom. The number of fused-ring (bicyclic) bond motifs is 2. The fourth-order valence-electron chi connectivity index (χ4n) is 5.13. The standard InChI is InChI=1S/C32H31FN6O6S/c1-17-9-21(29-25(10-17)37-28(43-3)14-35-29)30-38-24-11-22(33)26(12-27(24)46-30)44-16-18(2)45-32(42)36-19-6-7-23(34-13-19)31(41)39-8-4-5-20(40)15-39/h6-7,9-14,18,20,40H,4-5,8,15-16H2,1-3H3,(H,36,42)/t18-,20+/m1/s1. The molecule has 2 N–H and O–H groups in total. The molecule has 1 saturated heterocycles. The largest absolute Gasteiger partial charge is 0.487 e. The number of hydrogen-bond acceptors (Lipinski definition) is 11. The molecule has 14 heteroatoms. The maximum absolute atomic E-state index is 15.0. The normalized spacial score (nSPS) is 15.5. The van der Waals surface area contributed by atoms with E-state index in [9.17, 15) is 19.1 Å². The van der Waals surface area contributed by atoms with Gasteiger partial charge in [0.05, 0.1) is 52.5 Å². The Kier molecular flexibility index (Phi) is 8.90. The first kappa shape index (κ1) is 31.0. The van der Waals surface area contributed by atoms with Crippen LogP contribution in [0, 0.1) is 12.7 Å². The molecule has 0 unspecified atom stereocenters. The minimum absolute atomic E-state index is 0.00265. The summed E-state index contributed by atoms with van der Waals surface area (Å²) in [5.41, 5.74) is 4.08. The summed E-state index contributed by atoms with van der Waals surface area (Å²) in [6.07, 6.45) is 2.28. The number of halogens is 1. The lowest BCUT2D eigenvalue weighted by atomic mass is 10.1. The first-order chi connectivity index (χ1) is 22.2. The molecule has 0 aliphatic carbocycles. The van der Waals surface area contributed by atoms with E-state index in [1.54, 1.807) is 30.2 Å². The number of likely N-dealkylation sites (tertiary alicyclic amines) is 1. The van der Waals surface area contributed by atoms with Gasteiger partial charge in [0.1, 0.15) is 23.4 Å². The number of benzene rings is 2. The van der Waals surface area contributed by atoms with Crippen molar-refractivity contribution in [2.75, 3.05) is 32.1 Å². The van der Waals surface area contributed by atoms with E-state index in [4.69, 9.17) is 14.2 Å². The Bertz CT molecular complexity index is 1920. The smallest absolute Gasteiger partial charge is 0.412 e. The summed E-state index contributed by atoms with van der Waals surface area (Å²) < 4.78 is 32.0. The third-order valence-corrected chi connectivity index (χ3v) is 8.40. The second-order valence-corrected chi connectivity index (χ2v) is 12.0. The second kappa shape index (κ2) is 13.2.